The topological polar surface area (TPSA) is 69.6 Å². The molecule has 1 aliphatic heterocycles. The Morgan fingerprint density at radius 2 is 2.11 bits per heavy atom. The quantitative estimate of drug-likeness (QED) is 0.797. The van der Waals surface area contributed by atoms with Gasteiger partial charge in [-0.3, -0.25) is 4.79 Å². The molecule has 0 fully saturated rings. The molecule has 1 aromatic carbocycles. The highest BCUT2D eigenvalue weighted by Gasteiger charge is 2.24. The molecule has 100 valence electrons. The van der Waals surface area contributed by atoms with Crippen LogP contribution in [0.1, 0.15) is 23.7 Å². The molecule has 1 heterocycles. The maximum Gasteiger partial charge on any atom is 0.333 e. The van der Waals surface area contributed by atoms with E-state index < -0.39 is 5.97 Å². The number of aliphatic carboxylic acids is 1. The van der Waals surface area contributed by atoms with E-state index in [1.54, 1.807) is 32.2 Å². The van der Waals surface area contributed by atoms with Gasteiger partial charge in [0.05, 0.1) is 23.4 Å². The summed E-state index contributed by atoms with van der Waals surface area (Å²) in [6.07, 6.45) is 0.405. The molecule has 0 unspecified atom stereocenters. The van der Waals surface area contributed by atoms with Crippen LogP contribution < -0.4 is 5.32 Å². The number of likely N-dealkylation sites (N-methyl/N-ethyl adjacent to an activating group) is 1. The van der Waals surface area contributed by atoms with Gasteiger partial charge in [0.25, 0.3) is 5.91 Å². The fourth-order valence-corrected chi connectivity index (χ4v) is 2.16. The third-order valence-electron chi connectivity index (χ3n) is 3.16. The van der Waals surface area contributed by atoms with Crippen LogP contribution in [0.2, 0.25) is 0 Å². The largest absolute Gasteiger partial charge is 0.478 e. The summed E-state index contributed by atoms with van der Waals surface area (Å²) >= 11 is 0. The number of carbonyl (C=O) groups is 2. The lowest BCUT2D eigenvalue weighted by Gasteiger charge is -2.16. The predicted molar refractivity (Wildman–Crippen MR) is 72.0 cm³/mol. The van der Waals surface area contributed by atoms with Gasteiger partial charge in [-0.25, -0.2) is 4.79 Å². The summed E-state index contributed by atoms with van der Waals surface area (Å²) in [7, 11) is 1.67. The van der Waals surface area contributed by atoms with Gasteiger partial charge in [0, 0.05) is 12.7 Å². The number of carboxylic acids is 1. The smallest absolute Gasteiger partial charge is 0.333 e. The number of benzene rings is 1. The molecule has 2 rings (SSSR count). The number of fused-ring (bicyclic) bond motifs is 1. The van der Waals surface area contributed by atoms with Gasteiger partial charge in [0.15, 0.2) is 0 Å². The van der Waals surface area contributed by atoms with Crippen LogP contribution in [0.3, 0.4) is 0 Å². The van der Waals surface area contributed by atoms with E-state index in [1.807, 2.05) is 6.07 Å². The molecule has 0 spiro atoms. The number of amides is 1. The summed E-state index contributed by atoms with van der Waals surface area (Å²) in [5, 5.41) is 12.3. The van der Waals surface area contributed by atoms with E-state index in [0.29, 0.717) is 28.9 Å². The SMILES string of the molecule is CC/C(C(=O)O)=C1/CN(C)C(=O)c2ccccc2N1. The van der Waals surface area contributed by atoms with Crippen molar-refractivity contribution in [3.63, 3.8) is 0 Å². The zero-order chi connectivity index (χ0) is 14.0. The molecule has 0 aromatic heterocycles. The molecule has 1 aromatic rings. The Kier molecular flexibility index (Phi) is 3.55. The lowest BCUT2D eigenvalue weighted by molar-refractivity contribution is -0.132. The first kappa shape index (κ1) is 13.1. The number of para-hydroxylation sites is 1. The van der Waals surface area contributed by atoms with Gasteiger partial charge in [0.1, 0.15) is 0 Å². The predicted octanol–water partition coefficient (Wildman–Crippen LogP) is 1.93. The molecule has 0 saturated carbocycles. The van der Waals surface area contributed by atoms with E-state index in [2.05, 4.69) is 5.32 Å². The van der Waals surface area contributed by atoms with E-state index in [-0.39, 0.29) is 12.5 Å². The number of carboxylic acid groups (broad SMARTS) is 1. The van der Waals surface area contributed by atoms with E-state index >= 15 is 0 Å². The molecule has 0 saturated heterocycles. The first-order valence-corrected chi connectivity index (χ1v) is 6.11. The van der Waals surface area contributed by atoms with Gasteiger partial charge in [-0.05, 0) is 18.6 Å². The minimum Gasteiger partial charge on any atom is -0.478 e. The number of nitrogens with zero attached hydrogens (tertiary/aromatic N) is 1. The van der Waals surface area contributed by atoms with Crippen molar-refractivity contribution in [2.75, 3.05) is 18.9 Å². The third kappa shape index (κ3) is 2.45. The average molecular weight is 260 g/mol. The van der Waals surface area contributed by atoms with Gasteiger partial charge in [0.2, 0.25) is 0 Å². The molecule has 2 N–H and O–H groups in total. The maximum absolute atomic E-state index is 12.2. The number of anilines is 1. The summed E-state index contributed by atoms with van der Waals surface area (Å²) in [6.45, 7) is 2.06. The Hall–Kier alpha value is -2.30. The van der Waals surface area contributed by atoms with Crippen LogP contribution in [-0.4, -0.2) is 35.5 Å². The van der Waals surface area contributed by atoms with Gasteiger partial charge in [-0.15, -0.1) is 0 Å². The molecule has 5 heteroatoms. The van der Waals surface area contributed by atoms with Crippen LogP contribution in [0.25, 0.3) is 0 Å². The molecule has 5 nitrogen and oxygen atoms in total. The Labute approximate surface area is 111 Å². The molecule has 1 aliphatic rings. The zero-order valence-corrected chi connectivity index (χ0v) is 10.9. The molecule has 0 bridgehead atoms. The van der Waals surface area contributed by atoms with Crippen molar-refractivity contribution >= 4 is 17.6 Å². The molecule has 0 atom stereocenters. The first-order valence-electron chi connectivity index (χ1n) is 6.11. The third-order valence-corrected chi connectivity index (χ3v) is 3.16. The number of hydrogen-bond donors (Lipinski definition) is 2. The second-order valence-corrected chi connectivity index (χ2v) is 4.45. The van der Waals surface area contributed by atoms with Gasteiger partial charge < -0.3 is 15.3 Å². The van der Waals surface area contributed by atoms with Crippen LogP contribution in [-0.2, 0) is 4.79 Å². The fourth-order valence-electron chi connectivity index (χ4n) is 2.16. The molecular weight excluding hydrogens is 244 g/mol. The number of carbonyl (C=O) groups excluding carboxylic acids is 1. The number of nitrogens with one attached hydrogen (secondary N) is 1. The minimum absolute atomic E-state index is 0.112. The summed E-state index contributed by atoms with van der Waals surface area (Å²) in [4.78, 5) is 24.9. The summed E-state index contributed by atoms with van der Waals surface area (Å²) in [6, 6.07) is 7.12. The summed E-state index contributed by atoms with van der Waals surface area (Å²) < 4.78 is 0. The minimum atomic E-state index is -0.953. The van der Waals surface area contributed by atoms with Gasteiger partial charge >= 0.3 is 5.97 Å². The second-order valence-electron chi connectivity index (χ2n) is 4.45. The van der Waals surface area contributed by atoms with Crippen LogP contribution in [0.5, 0.6) is 0 Å². The average Bonchev–Trinajstić information content (AvgIpc) is 2.49. The van der Waals surface area contributed by atoms with E-state index in [4.69, 9.17) is 0 Å². The van der Waals surface area contributed by atoms with Crippen LogP contribution in [0, 0.1) is 0 Å². The van der Waals surface area contributed by atoms with Gasteiger partial charge in [-0.2, -0.15) is 0 Å². The van der Waals surface area contributed by atoms with Crippen molar-refractivity contribution in [1.29, 1.82) is 0 Å². The van der Waals surface area contributed by atoms with Crippen molar-refractivity contribution in [2.24, 2.45) is 0 Å². The lowest BCUT2D eigenvalue weighted by atomic mass is 10.1. The van der Waals surface area contributed by atoms with Crippen molar-refractivity contribution in [2.45, 2.75) is 13.3 Å². The molecule has 0 aliphatic carbocycles. The Balaban J connectivity index is 2.54. The van der Waals surface area contributed by atoms with Crippen molar-refractivity contribution in [3.05, 3.63) is 41.1 Å². The van der Waals surface area contributed by atoms with E-state index in [1.165, 1.54) is 4.90 Å². The second kappa shape index (κ2) is 5.14. The molecule has 1 amide bonds. The number of hydrogen-bond acceptors (Lipinski definition) is 3. The molecular formula is C14H16N2O3. The lowest BCUT2D eigenvalue weighted by Crippen LogP contribution is -2.28. The van der Waals surface area contributed by atoms with Crippen LogP contribution in [0.15, 0.2) is 35.5 Å². The van der Waals surface area contributed by atoms with E-state index in [0.717, 1.165) is 0 Å². The Morgan fingerprint density at radius 1 is 1.42 bits per heavy atom. The highest BCUT2D eigenvalue weighted by atomic mass is 16.4. The molecule has 19 heavy (non-hydrogen) atoms. The number of rotatable bonds is 2. The Bertz CT molecular complexity index is 564. The summed E-state index contributed by atoms with van der Waals surface area (Å²) in [5.41, 5.74) is 2.08. The highest BCUT2D eigenvalue weighted by molar-refractivity contribution is 6.01. The van der Waals surface area contributed by atoms with Crippen LogP contribution >= 0.6 is 0 Å². The van der Waals surface area contributed by atoms with Crippen molar-refractivity contribution in [1.82, 2.24) is 4.90 Å². The van der Waals surface area contributed by atoms with Crippen LogP contribution in [0.4, 0.5) is 5.69 Å². The van der Waals surface area contributed by atoms with Gasteiger partial charge in [-0.1, -0.05) is 19.1 Å². The van der Waals surface area contributed by atoms with Crippen molar-refractivity contribution in [3.8, 4) is 0 Å². The maximum atomic E-state index is 12.2. The molecule has 0 radical (unpaired) electrons. The van der Waals surface area contributed by atoms with E-state index in [9.17, 15) is 14.7 Å². The first-order chi connectivity index (χ1) is 9.04. The monoisotopic (exact) mass is 260 g/mol. The zero-order valence-electron chi connectivity index (χ0n) is 10.9. The Morgan fingerprint density at radius 3 is 2.74 bits per heavy atom. The summed E-state index contributed by atoms with van der Waals surface area (Å²) in [5.74, 6) is -1.07. The highest BCUT2D eigenvalue weighted by Crippen LogP contribution is 2.24. The van der Waals surface area contributed by atoms with Crippen molar-refractivity contribution < 1.29 is 14.7 Å². The standard InChI is InChI=1S/C14H16N2O3/c1-3-9(14(18)19)12-8-16(2)13(17)10-6-4-5-7-11(10)15-12/h4-7,15H,3,8H2,1-2H3,(H,18,19)/b12-9+. The normalized spacial score (nSPS) is 17.4. The fraction of sp³-hybridized carbons (Fsp3) is 0.286.